The summed E-state index contributed by atoms with van der Waals surface area (Å²) in [5.74, 6) is 0.985. The Hall–Kier alpha value is -2.43. The van der Waals surface area contributed by atoms with Crippen molar-refractivity contribution in [3.8, 4) is 5.75 Å². The number of amides is 1. The number of halogens is 2. The molecule has 3 rings (SSSR count). The second-order valence-corrected chi connectivity index (χ2v) is 6.16. The van der Waals surface area contributed by atoms with Gasteiger partial charge in [0.1, 0.15) is 18.1 Å². The minimum Gasteiger partial charge on any atom is -0.486 e. The number of carbonyl (C=O) groups is 1. The predicted molar refractivity (Wildman–Crippen MR) is 98.6 cm³/mol. The van der Waals surface area contributed by atoms with Crippen LogP contribution in [0.5, 0.6) is 5.75 Å². The molecule has 2 aromatic carbocycles. The van der Waals surface area contributed by atoms with Gasteiger partial charge in [-0.25, -0.2) is 0 Å². The van der Waals surface area contributed by atoms with Crippen LogP contribution in [0, 0.1) is 6.92 Å². The highest BCUT2D eigenvalue weighted by molar-refractivity contribution is 6.40. The summed E-state index contributed by atoms with van der Waals surface area (Å²) in [5, 5.41) is 3.45. The van der Waals surface area contributed by atoms with Gasteiger partial charge in [0.15, 0.2) is 5.76 Å². The summed E-state index contributed by atoms with van der Waals surface area (Å²) in [5.41, 5.74) is 1.18. The van der Waals surface area contributed by atoms with Gasteiger partial charge in [0.05, 0.1) is 15.7 Å². The van der Waals surface area contributed by atoms with E-state index in [0.29, 0.717) is 21.5 Å². The molecule has 0 bridgehead atoms. The van der Waals surface area contributed by atoms with Gasteiger partial charge >= 0.3 is 0 Å². The standard InChI is InChI=1S/C19H15Cl2NO3/c1-12-7-9-15(20)18(17(12)21)22-19(23)16-10-8-14(25-16)11-24-13-5-3-2-4-6-13/h2-10H,11H2,1H3,(H,22,23). The molecule has 1 heterocycles. The monoisotopic (exact) mass is 375 g/mol. The van der Waals surface area contributed by atoms with Crippen molar-refractivity contribution in [2.24, 2.45) is 0 Å². The highest BCUT2D eigenvalue weighted by Gasteiger charge is 2.16. The van der Waals surface area contributed by atoms with Crippen molar-refractivity contribution >= 4 is 34.8 Å². The van der Waals surface area contributed by atoms with Crippen LogP contribution in [0.3, 0.4) is 0 Å². The predicted octanol–water partition coefficient (Wildman–Crippen LogP) is 5.73. The van der Waals surface area contributed by atoms with E-state index in [1.165, 1.54) is 0 Å². The third kappa shape index (κ3) is 4.16. The van der Waals surface area contributed by atoms with Crippen molar-refractivity contribution in [1.29, 1.82) is 0 Å². The molecule has 0 radical (unpaired) electrons. The lowest BCUT2D eigenvalue weighted by Crippen LogP contribution is -2.12. The van der Waals surface area contributed by atoms with E-state index in [-0.39, 0.29) is 12.4 Å². The number of para-hydroxylation sites is 1. The summed E-state index contributed by atoms with van der Waals surface area (Å²) in [4.78, 5) is 12.4. The number of benzene rings is 2. The van der Waals surface area contributed by atoms with Crippen LogP contribution in [-0.4, -0.2) is 5.91 Å². The molecule has 6 heteroatoms. The molecule has 0 unspecified atom stereocenters. The average Bonchev–Trinajstić information content (AvgIpc) is 3.10. The maximum absolute atomic E-state index is 12.4. The Morgan fingerprint density at radius 2 is 1.84 bits per heavy atom. The fourth-order valence-electron chi connectivity index (χ4n) is 2.20. The summed E-state index contributed by atoms with van der Waals surface area (Å²) >= 11 is 12.3. The van der Waals surface area contributed by atoms with Crippen LogP contribution in [0.15, 0.2) is 59.0 Å². The molecule has 1 N–H and O–H groups in total. The van der Waals surface area contributed by atoms with E-state index in [9.17, 15) is 4.79 Å². The molecule has 0 spiro atoms. The number of furan rings is 1. The third-order valence-electron chi connectivity index (χ3n) is 3.53. The number of aryl methyl sites for hydroxylation is 1. The number of nitrogens with one attached hydrogen (secondary N) is 1. The van der Waals surface area contributed by atoms with Crippen LogP contribution < -0.4 is 10.1 Å². The van der Waals surface area contributed by atoms with Gasteiger partial charge in [-0.2, -0.15) is 0 Å². The highest BCUT2D eigenvalue weighted by Crippen LogP contribution is 2.33. The molecular formula is C19H15Cl2NO3. The maximum Gasteiger partial charge on any atom is 0.291 e. The lowest BCUT2D eigenvalue weighted by Gasteiger charge is -2.10. The van der Waals surface area contributed by atoms with Crippen molar-refractivity contribution in [1.82, 2.24) is 0 Å². The van der Waals surface area contributed by atoms with Gasteiger partial charge in [0.2, 0.25) is 0 Å². The van der Waals surface area contributed by atoms with E-state index in [4.69, 9.17) is 32.4 Å². The second-order valence-electron chi connectivity index (χ2n) is 5.38. The average molecular weight is 376 g/mol. The summed E-state index contributed by atoms with van der Waals surface area (Å²) < 4.78 is 11.1. The fraction of sp³-hybridized carbons (Fsp3) is 0.105. The first-order valence-electron chi connectivity index (χ1n) is 7.57. The van der Waals surface area contributed by atoms with Gasteiger partial charge in [-0.1, -0.05) is 47.5 Å². The first-order valence-corrected chi connectivity index (χ1v) is 8.32. The van der Waals surface area contributed by atoms with Crippen LogP contribution >= 0.6 is 23.2 Å². The lowest BCUT2D eigenvalue weighted by atomic mass is 10.2. The number of anilines is 1. The molecular weight excluding hydrogens is 361 g/mol. The van der Waals surface area contributed by atoms with Crippen molar-refractivity contribution in [2.75, 3.05) is 5.32 Å². The quantitative estimate of drug-likeness (QED) is 0.619. The molecule has 4 nitrogen and oxygen atoms in total. The van der Waals surface area contributed by atoms with Gasteiger partial charge in [0.25, 0.3) is 5.91 Å². The normalized spacial score (nSPS) is 10.5. The molecule has 128 valence electrons. The van der Waals surface area contributed by atoms with Gasteiger partial charge in [0, 0.05) is 0 Å². The summed E-state index contributed by atoms with van der Waals surface area (Å²) in [6, 6.07) is 16.1. The van der Waals surface area contributed by atoms with E-state index in [0.717, 1.165) is 11.3 Å². The Morgan fingerprint density at radius 3 is 2.60 bits per heavy atom. The van der Waals surface area contributed by atoms with E-state index < -0.39 is 5.91 Å². The topological polar surface area (TPSA) is 51.5 Å². The van der Waals surface area contributed by atoms with E-state index in [1.807, 2.05) is 37.3 Å². The van der Waals surface area contributed by atoms with Crippen LogP contribution in [-0.2, 0) is 6.61 Å². The molecule has 25 heavy (non-hydrogen) atoms. The minimum absolute atomic E-state index is 0.153. The first kappa shape index (κ1) is 17.4. The van der Waals surface area contributed by atoms with Crippen molar-refractivity contribution in [2.45, 2.75) is 13.5 Å². The Kier molecular flexibility index (Phi) is 5.31. The summed E-state index contributed by atoms with van der Waals surface area (Å²) in [6.07, 6.45) is 0. The number of hydrogen-bond donors (Lipinski definition) is 1. The SMILES string of the molecule is Cc1ccc(Cl)c(NC(=O)c2ccc(COc3ccccc3)o2)c1Cl. The van der Waals surface area contributed by atoms with Crippen molar-refractivity contribution < 1.29 is 13.9 Å². The molecule has 1 aromatic heterocycles. The van der Waals surface area contributed by atoms with Crippen LogP contribution in [0.25, 0.3) is 0 Å². The zero-order valence-corrected chi connectivity index (χ0v) is 14.9. The molecule has 0 aliphatic heterocycles. The van der Waals surface area contributed by atoms with E-state index in [1.54, 1.807) is 24.3 Å². The molecule has 0 fully saturated rings. The fourth-order valence-corrected chi connectivity index (χ4v) is 2.66. The zero-order valence-electron chi connectivity index (χ0n) is 13.4. The smallest absolute Gasteiger partial charge is 0.291 e. The number of hydrogen-bond acceptors (Lipinski definition) is 3. The Balaban J connectivity index is 1.68. The molecule has 0 aliphatic carbocycles. The second kappa shape index (κ2) is 7.64. The largest absolute Gasteiger partial charge is 0.486 e. The van der Waals surface area contributed by atoms with Gasteiger partial charge in [-0.15, -0.1) is 0 Å². The van der Waals surface area contributed by atoms with Crippen LogP contribution in [0.2, 0.25) is 10.0 Å². The number of carbonyl (C=O) groups excluding carboxylic acids is 1. The minimum atomic E-state index is -0.430. The number of ether oxygens (including phenoxy) is 1. The zero-order chi connectivity index (χ0) is 17.8. The molecule has 0 saturated heterocycles. The van der Waals surface area contributed by atoms with Crippen molar-refractivity contribution in [3.05, 3.63) is 81.7 Å². The Morgan fingerprint density at radius 1 is 1.08 bits per heavy atom. The molecule has 0 aliphatic rings. The van der Waals surface area contributed by atoms with Crippen LogP contribution in [0.1, 0.15) is 21.9 Å². The first-order chi connectivity index (χ1) is 12.0. The van der Waals surface area contributed by atoms with Crippen molar-refractivity contribution in [3.63, 3.8) is 0 Å². The summed E-state index contributed by atoms with van der Waals surface area (Å²) in [6.45, 7) is 2.06. The Bertz CT molecular complexity index is 891. The molecule has 0 saturated carbocycles. The molecule has 1 amide bonds. The lowest BCUT2D eigenvalue weighted by molar-refractivity contribution is 0.0992. The third-order valence-corrected chi connectivity index (χ3v) is 4.33. The molecule has 0 atom stereocenters. The highest BCUT2D eigenvalue weighted by atomic mass is 35.5. The van der Waals surface area contributed by atoms with E-state index >= 15 is 0 Å². The van der Waals surface area contributed by atoms with Gasteiger partial charge in [-0.3, -0.25) is 4.79 Å². The van der Waals surface area contributed by atoms with Gasteiger partial charge in [-0.05, 0) is 42.8 Å². The van der Waals surface area contributed by atoms with Crippen LogP contribution in [0.4, 0.5) is 5.69 Å². The summed E-state index contributed by atoms with van der Waals surface area (Å²) in [7, 11) is 0. The van der Waals surface area contributed by atoms with E-state index in [2.05, 4.69) is 5.32 Å². The maximum atomic E-state index is 12.4. The molecule has 3 aromatic rings. The Labute approximate surface area is 155 Å². The number of rotatable bonds is 5. The van der Waals surface area contributed by atoms with Gasteiger partial charge < -0.3 is 14.5 Å².